The van der Waals surface area contributed by atoms with Gasteiger partial charge in [-0.15, -0.1) is 0 Å². The average Bonchev–Trinajstić information content (AvgIpc) is 2.66. The van der Waals surface area contributed by atoms with Crippen LogP contribution in [0.25, 0.3) is 0 Å². The molecule has 0 bridgehead atoms. The number of aromatic nitrogens is 2. The van der Waals surface area contributed by atoms with Crippen molar-refractivity contribution < 1.29 is 8.42 Å². The lowest BCUT2D eigenvalue weighted by molar-refractivity contribution is 0.486. The fraction of sp³-hybridized carbons (Fsp3) is 0.625. The van der Waals surface area contributed by atoms with Gasteiger partial charge in [0.2, 0.25) is 10.0 Å². The number of rotatable bonds is 5. The van der Waals surface area contributed by atoms with E-state index in [1.807, 2.05) is 0 Å². The molecule has 2 N–H and O–H groups in total. The van der Waals surface area contributed by atoms with Crippen molar-refractivity contribution in [3.63, 3.8) is 0 Å². The van der Waals surface area contributed by atoms with E-state index in [9.17, 15) is 8.42 Å². The van der Waals surface area contributed by atoms with E-state index >= 15 is 0 Å². The molecule has 0 aliphatic rings. The van der Waals surface area contributed by atoms with Crippen LogP contribution in [0.4, 0.5) is 0 Å². The maximum atomic E-state index is 11.8. The molecule has 0 unspecified atom stereocenters. The lowest BCUT2D eigenvalue weighted by Gasteiger charge is -2.12. The van der Waals surface area contributed by atoms with Crippen LogP contribution < -0.4 is 5.73 Å². The van der Waals surface area contributed by atoms with E-state index in [-0.39, 0.29) is 4.90 Å². The third-order valence-electron chi connectivity index (χ3n) is 2.12. The third-order valence-corrected chi connectivity index (χ3v) is 4.01. The standard InChI is InChI=1S/C8H16N4O2S/c1-3-11(2)15(13,14)8-6-10-12(7-8)5-4-9/h6-7H,3-5,9H2,1-2H3. The highest BCUT2D eigenvalue weighted by molar-refractivity contribution is 7.89. The summed E-state index contributed by atoms with van der Waals surface area (Å²) in [5, 5.41) is 3.92. The molecular formula is C8H16N4O2S. The Labute approximate surface area is 89.7 Å². The molecule has 0 spiro atoms. The topological polar surface area (TPSA) is 81.2 Å². The van der Waals surface area contributed by atoms with E-state index in [0.29, 0.717) is 19.6 Å². The van der Waals surface area contributed by atoms with Crippen molar-refractivity contribution in [2.75, 3.05) is 20.1 Å². The second-order valence-electron chi connectivity index (χ2n) is 3.15. The van der Waals surface area contributed by atoms with Gasteiger partial charge in [-0.25, -0.2) is 12.7 Å². The molecule has 0 radical (unpaired) electrons. The molecule has 1 rings (SSSR count). The highest BCUT2D eigenvalue weighted by atomic mass is 32.2. The highest BCUT2D eigenvalue weighted by Crippen LogP contribution is 2.12. The largest absolute Gasteiger partial charge is 0.329 e. The summed E-state index contributed by atoms with van der Waals surface area (Å²) in [5.41, 5.74) is 5.34. The van der Waals surface area contributed by atoms with Crippen LogP contribution >= 0.6 is 0 Å². The monoisotopic (exact) mass is 232 g/mol. The summed E-state index contributed by atoms with van der Waals surface area (Å²) < 4.78 is 26.4. The molecule has 1 heterocycles. The Kier molecular flexibility index (Phi) is 3.83. The SMILES string of the molecule is CCN(C)S(=O)(=O)c1cnn(CCN)c1. The van der Waals surface area contributed by atoms with Gasteiger partial charge in [-0.1, -0.05) is 6.92 Å². The first-order chi connectivity index (χ1) is 7.02. The Morgan fingerprint density at radius 3 is 2.80 bits per heavy atom. The van der Waals surface area contributed by atoms with Crippen molar-refractivity contribution in [1.82, 2.24) is 14.1 Å². The summed E-state index contributed by atoms with van der Waals surface area (Å²) in [6, 6.07) is 0. The summed E-state index contributed by atoms with van der Waals surface area (Å²) in [5.74, 6) is 0. The molecule has 0 amide bonds. The number of sulfonamides is 1. The molecule has 0 aliphatic carbocycles. The molecule has 6 nitrogen and oxygen atoms in total. The fourth-order valence-electron chi connectivity index (χ4n) is 1.08. The average molecular weight is 232 g/mol. The molecule has 0 saturated heterocycles. The zero-order valence-corrected chi connectivity index (χ0v) is 9.74. The molecule has 0 aliphatic heterocycles. The Bertz CT molecular complexity index is 412. The summed E-state index contributed by atoms with van der Waals surface area (Å²) in [7, 11) is -1.84. The van der Waals surface area contributed by atoms with E-state index in [4.69, 9.17) is 5.73 Å². The van der Waals surface area contributed by atoms with Gasteiger partial charge in [0.05, 0.1) is 12.7 Å². The summed E-state index contributed by atoms with van der Waals surface area (Å²) in [4.78, 5) is 0.209. The van der Waals surface area contributed by atoms with Gasteiger partial charge in [-0.05, 0) is 0 Å². The van der Waals surface area contributed by atoms with E-state index < -0.39 is 10.0 Å². The van der Waals surface area contributed by atoms with Crippen LogP contribution in [0.3, 0.4) is 0 Å². The Morgan fingerprint density at radius 2 is 2.27 bits per heavy atom. The number of hydrogen-bond acceptors (Lipinski definition) is 4. The van der Waals surface area contributed by atoms with Gasteiger partial charge in [0, 0.05) is 26.3 Å². The van der Waals surface area contributed by atoms with Crippen LogP contribution in [0.1, 0.15) is 6.92 Å². The van der Waals surface area contributed by atoms with Crippen LogP contribution in [-0.4, -0.2) is 42.6 Å². The molecule has 0 atom stereocenters. The smallest absolute Gasteiger partial charge is 0.245 e. The molecule has 1 aromatic heterocycles. The predicted molar refractivity (Wildman–Crippen MR) is 56.8 cm³/mol. The van der Waals surface area contributed by atoms with Gasteiger partial charge in [0.1, 0.15) is 4.90 Å². The molecule has 15 heavy (non-hydrogen) atoms. The first-order valence-corrected chi connectivity index (χ1v) is 6.15. The van der Waals surface area contributed by atoms with E-state index in [1.165, 1.54) is 28.4 Å². The third kappa shape index (κ3) is 2.55. The van der Waals surface area contributed by atoms with Gasteiger partial charge < -0.3 is 5.73 Å². The maximum absolute atomic E-state index is 11.8. The van der Waals surface area contributed by atoms with Crippen molar-refractivity contribution in [1.29, 1.82) is 0 Å². The summed E-state index contributed by atoms with van der Waals surface area (Å²) in [6.07, 6.45) is 2.84. The van der Waals surface area contributed by atoms with Crippen LogP contribution in [0, 0.1) is 0 Å². The molecule has 1 aromatic rings. The minimum absolute atomic E-state index is 0.209. The summed E-state index contributed by atoms with van der Waals surface area (Å²) in [6.45, 7) is 3.17. The minimum atomic E-state index is -3.38. The van der Waals surface area contributed by atoms with E-state index in [0.717, 1.165) is 0 Å². The first-order valence-electron chi connectivity index (χ1n) is 4.71. The predicted octanol–water partition coefficient (Wildman–Crippen LogP) is -0.518. The zero-order chi connectivity index (χ0) is 11.5. The van der Waals surface area contributed by atoms with Crippen LogP contribution in [0.2, 0.25) is 0 Å². The van der Waals surface area contributed by atoms with Crippen molar-refractivity contribution in [2.24, 2.45) is 5.73 Å². The van der Waals surface area contributed by atoms with E-state index in [1.54, 1.807) is 6.92 Å². The lowest BCUT2D eigenvalue weighted by atomic mass is 10.6. The van der Waals surface area contributed by atoms with Crippen molar-refractivity contribution in [3.05, 3.63) is 12.4 Å². The van der Waals surface area contributed by atoms with Crippen LogP contribution in [0.5, 0.6) is 0 Å². The van der Waals surface area contributed by atoms with Gasteiger partial charge in [0.15, 0.2) is 0 Å². The Hall–Kier alpha value is -0.920. The van der Waals surface area contributed by atoms with Crippen LogP contribution in [-0.2, 0) is 16.6 Å². The Morgan fingerprint density at radius 1 is 1.60 bits per heavy atom. The fourth-order valence-corrected chi connectivity index (χ4v) is 2.22. The van der Waals surface area contributed by atoms with Crippen molar-refractivity contribution in [2.45, 2.75) is 18.4 Å². The Balaban J connectivity index is 2.96. The van der Waals surface area contributed by atoms with Crippen molar-refractivity contribution in [3.8, 4) is 0 Å². The van der Waals surface area contributed by atoms with Crippen LogP contribution in [0.15, 0.2) is 17.3 Å². The number of hydrogen-bond donors (Lipinski definition) is 1. The van der Waals surface area contributed by atoms with E-state index in [2.05, 4.69) is 5.10 Å². The quantitative estimate of drug-likeness (QED) is 0.741. The maximum Gasteiger partial charge on any atom is 0.245 e. The molecule has 86 valence electrons. The second-order valence-corrected chi connectivity index (χ2v) is 5.19. The first kappa shape index (κ1) is 12.2. The van der Waals surface area contributed by atoms with Gasteiger partial charge in [-0.3, -0.25) is 4.68 Å². The lowest BCUT2D eigenvalue weighted by Crippen LogP contribution is -2.26. The second kappa shape index (κ2) is 4.73. The zero-order valence-electron chi connectivity index (χ0n) is 8.92. The normalized spacial score (nSPS) is 12.3. The number of nitrogens with zero attached hydrogens (tertiary/aromatic N) is 3. The molecule has 7 heteroatoms. The molecule has 0 saturated carbocycles. The molecule has 0 fully saturated rings. The highest BCUT2D eigenvalue weighted by Gasteiger charge is 2.20. The van der Waals surface area contributed by atoms with Gasteiger partial charge >= 0.3 is 0 Å². The number of nitrogens with two attached hydrogens (primary N) is 1. The molecule has 0 aromatic carbocycles. The van der Waals surface area contributed by atoms with Gasteiger partial charge in [-0.2, -0.15) is 5.10 Å². The summed E-state index contributed by atoms with van der Waals surface area (Å²) >= 11 is 0. The van der Waals surface area contributed by atoms with Gasteiger partial charge in [0.25, 0.3) is 0 Å². The minimum Gasteiger partial charge on any atom is -0.329 e. The van der Waals surface area contributed by atoms with Crippen molar-refractivity contribution >= 4 is 10.0 Å². The molecular weight excluding hydrogens is 216 g/mol.